The third kappa shape index (κ3) is 9.77. The van der Waals surface area contributed by atoms with Crippen LogP contribution in [0, 0.1) is 11.6 Å². The van der Waals surface area contributed by atoms with Crippen molar-refractivity contribution >= 4 is 18.1 Å². The van der Waals surface area contributed by atoms with Crippen molar-refractivity contribution in [3.63, 3.8) is 0 Å². The molecule has 2 N–H and O–H groups in total. The molecule has 3 amide bonds. The third-order valence-corrected chi connectivity index (χ3v) is 6.76. The molecule has 1 fully saturated rings. The quantitative estimate of drug-likeness (QED) is 0.368. The van der Waals surface area contributed by atoms with Crippen molar-refractivity contribution < 1.29 is 37.7 Å². The number of carbonyl (C=O) groups excluding carboxylic acids is 3. The number of hydrogen-bond acceptors (Lipinski definition) is 6. The van der Waals surface area contributed by atoms with Gasteiger partial charge in [0.1, 0.15) is 35.0 Å². The standard InChI is InChI=1S/C33H43F2N3O6/c1-8-12-25-20-37(19-21-13-10-9-11-14-21)29(40)27(38(25)31(42)44-33(5,6)7)28(39)26(36-30(41)43-32(2,3)4)17-22-15-23(34)18-24(35)16-22/h8-11,13-16,18,25-28,39H,1,12,17,19-20H2,2-7H3,(H,36,41)/t25-,26+,27+,28?/m1/s1. The van der Waals surface area contributed by atoms with Crippen LogP contribution in [0.2, 0.25) is 0 Å². The maximum Gasteiger partial charge on any atom is 0.411 e. The maximum atomic E-state index is 14.2. The number of piperazine rings is 1. The highest BCUT2D eigenvalue weighted by atomic mass is 19.1. The SMILES string of the molecule is C=CC[C@@H]1CN(Cc2ccccc2)C(=O)[C@H](C(O)[C@H](Cc2cc(F)cc(F)c2)NC(=O)OC(C)(C)C)N1C(=O)OC(C)(C)C. The van der Waals surface area contributed by atoms with Crippen LogP contribution < -0.4 is 5.32 Å². The molecule has 0 radical (unpaired) electrons. The summed E-state index contributed by atoms with van der Waals surface area (Å²) in [6.07, 6.45) is -1.93. The summed E-state index contributed by atoms with van der Waals surface area (Å²) in [4.78, 5) is 43.5. The molecule has 2 aromatic carbocycles. The Morgan fingerprint density at radius 2 is 1.61 bits per heavy atom. The molecule has 4 atom stereocenters. The summed E-state index contributed by atoms with van der Waals surface area (Å²) in [5.74, 6) is -2.29. The molecular formula is C33H43F2N3O6. The molecule has 0 aromatic heterocycles. The van der Waals surface area contributed by atoms with Crippen LogP contribution in [0.5, 0.6) is 0 Å². The number of aliphatic hydroxyl groups excluding tert-OH is 1. The van der Waals surface area contributed by atoms with Gasteiger partial charge in [-0.1, -0.05) is 36.4 Å². The van der Waals surface area contributed by atoms with E-state index in [0.717, 1.165) is 17.7 Å². The zero-order valence-electron chi connectivity index (χ0n) is 26.2. The Morgan fingerprint density at radius 3 is 2.16 bits per heavy atom. The summed E-state index contributed by atoms with van der Waals surface area (Å²) < 4.78 is 39.4. The maximum absolute atomic E-state index is 14.2. The number of benzene rings is 2. The molecule has 0 bridgehead atoms. The van der Waals surface area contributed by atoms with E-state index >= 15 is 0 Å². The highest BCUT2D eigenvalue weighted by Gasteiger charge is 2.50. The number of hydrogen-bond donors (Lipinski definition) is 2. The van der Waals surface area contributed by atoms with E-state index in [9.17, 15) is 28.3 Å². The second-order valence-corrected chi connectivity index (χ2v) is 12.9. The van der Waals surface area contributed by atoms with Crippen molar-refractivity contribution in [3.8, 4) is 0 Å². The summed E-state index contributed by atoms with van der Waals surface area (Å²) in [6, 6.07) is 8.57. The molecule has 0 aliphatic carbocycles. The van der Waals surface area contributed by atoms with Crippen molar-refractivity contribution in [2.75, 3.05) is 6.54 Å². The van der Waals surface area contributed by atoms with Gasteiger partial charge in [0, 0.05) is 19.2 Å². The fourth-order valence-corrected chi connectivity index (χ4v) is 5.10. The first kappa shape index (κ1) is 34.5. The topological polar surface area (TPSA) is 108 Å². The van der Waals surface area contributed by atoms with Gasteiger partial charge in [0.25, 0.3) is 0 Å². The molecule has 1 aliphatic heterocycles. The summed E-state index contributed by atoms with van der Waals surface area (Å²) in [5.41, 5.74) is -0.896. The molecule has 44 heavy (non-hydrogen) atoms. The van der Waals surface area contributed by atoms with Gasteiger partial charge in [0.05, 0.1) is 12.1 Å². The monoisotopic (exact) mass is 615 g/mol. The van der Waals surface area contributed by atoms with Gasteiger partial charge in [0.2, 0.25) is 5.91 Å². The van der Waals surface area contributed by atoms with Crippen LogP contribution in [0.4, 0.5) is 18.4 Å². The first-order valence-corrected chi connectivity index (χ1v) is 14.5. The highest BCUT2D eigenvalue weighted by molar-refractivity contribution is 5.88. The van der Waals surface area contributed by atoms with Gasteiger partial charge in [-0.3, -0.25) is 9.69 Å². The van der Waals surface area contributed by atoms with Gasteiger partial charge in [0.15, 0.2) is 0 Å². The molecule has 3 rings (SSSR count). The van der Waals surface area contributed by atoms with Crippen LogP contribution in [0.3, 0.4) is 0 Å². The van der Waals surface area contributed by atoms with Gasteiger partial charge < -0.3 is 24.8 Å². The zero-order valence-corrected chi connectivity index (χ0v) is 26.2. The van der Waals surface area contributed by atoms with E-state index in [1.54, 1.807) is 47.6 Å². The van der Waals surface area contributed by atoms with Crippen molar-refractivity contribution in [1.29, 1.82) is 0 Å². The summed E-state index contributed by atoms with van der Waals surface area (Å²) in [6.45, 7) is 14.1. The molecule has 240 valence electrons. The summed E-state index contributed by atoms with van der Waals surface area (Å²) in [5, 5.41) is 14.5. The summed E-state index contributed by atoms with van der Waals surface area (Å²) >= 11 is 0. The van der Waals surface area contributed by atoms with Crippen molar-refractivity contribution in [2.45, 2.75) is 96.4 Å². The number of nitrogens with one attached hydrogen (secondary N) is 1. The molecule has 9 nitrogen and oxygen atoms in total. The predicted molar refractivity (Wildman–Crippen MR) is 162 cm³/mol. The molecule has 11 heteroatoms. The number of carbonyl (C=O) groups is 3. The Hall–Kier alpha value is -3.99. The Bertz CT molecular complexity index is 1300. The number of rotatable bonds is 9. The van der Waals surface area contributed by atoms with Gasteiger partial charge in [-0.15, -0.1) is 6.58 Å². The fourth-order valence-electron chi connectivity index (χ4n) is 5.10. The smallest absolute Gasteiger partial charge is 0.411 e. The van der Waals surface area contributed by atoms with Crippen LogP contribution in [-0.2, 0) is 27.2 Å². The molecule has 2 aromatic rings. The minimum Gasteiger partial charge on any atom is -0.444 e. The van der Waals surface area contributed by atoms with E-state index < -0.39 is 65.2 Å². The second-order valence-electron chi connectivity index (χ2n) is 12.9. The van der Waals surface area contributed by atoms with Crippen LogP contribution >= 0.6 is 0 Å². The molecule has 1 aliphatic rings. The number of halogens is 2. The minimum atomic E-state index is -1.75. The third-order valence-electron chi connectivity index (χ3n) is 6.76. The van der Waals surface area contributed by atoms with Crippen molar-refractivity contribution in [2.24, 2.45) is 0 Å². The van der Waals surface area contributed by atoms with Crippen LogP contribution in [0.15, 0.2) is 61.2 Å². The molecule has 0 spiro atoms. The van der Waals surface area contributed by atoms with E-state index in [2.05, 4.69) is 11.9 Å². The Morgan fingerprint density at radius 1 is 1.02 bits per heavy atom. The van der Waals surface area contributed by atoms with E-state index in [0.29, 0.717) is 6.07 Å². The molecule has 1 heterocycles. The lowest BCUT2D eigenvalue weighted by Gasteiger charge is -2.48. The first-order chi connectivity index (χ1) is 20.5. The van der Waals surface area contributed by atoms with E-state index in [-0.39, 0.29) is 31.5 Å². The number of nitrogens with zero attached hydrogens (tertiary/aromatic N) is 2. The van der Waals surface area contributed by atoms with Gasteiger partial charge in [-0.05, 0) is 77.6 Å². The zero-order chi connectivity index (χ0) is 32.8. The Labute approximate surface area is 257 Å². The highest BCUT2D eigenvalue weighted by Crippen LogP contribution is 2.28. The number of aliphatic hydroxyl groups is 1. The van der Waals surface area contributed by atoms with Gasteiger partial charge in [-0.2, -0.15) is 0 Å². The van der Waals surface area contributed by atoms with Crippen LogP contribution in [0.1, 0.15) is 59.1 Å². The lowest BCUT2D eigenvalue weighted by atomic mass is 9.91. The first-order valence-electron chi connectivity index (χ1n) is 14.5. The number of alkyl carbamates (subject to hydrolysis) is 1. The van der Waals surface area contributed by atoms with Gasteiger partial charge in [-0.25, -0.2) is 18.4 Å². The normalized spacial score (nSPS) is 18.8. The second kappa shape index (κ2) is 14.2. The van der Waals surface area contributed by atoms with E-state index in [1.165, 1.54) is 9.80 Å². The summed E-state index contributed by atoms with van der Waals surface area (Å²) in [7, 11) is 0. The van der Waals surface area contributed by atoms with Crippen molar-refractivity contribution in [1.82, 2.24) is 15.1 Å². The predicted octanol–water partition coefficient (Wildman–Crippen LogP) is 5.35. The number of amides is 3. The van der Waals surface area contributed by atoms with Crippen LogP contribution in [0.25, 0.3) is 0 Å². The van der Waals surface area contributed by atoms with E-state index in [4.69, 9.17) is 9.47 Å². The lowest BCUT2D eigenvalue weighted by Crippen LogP contribution is -2.69. The van der Waals surface area contributed by atoms with Crippen molar-refractivity contribution in [3.05, 3.63) is 83.9 Å². The largest absolute Gasteiger partial charge is 0.444 e. The fraction of sp³-hybridized carbons (Fsp3) is 0.485. The molecule has 1 unspecified atom stereocenters. The minimum absolute atomic E-state index is 0.110. The molecular weight excluding hydrogens is 572 g/mol. The number of ether oxygens (including phenoxy) is 2. The Kier molecular flexibility index (Phi) is 11.1. The molecule has 0 saturated carbocycles. The average Bonchev–Trinajstić information content (AvgIpc) is 2.87. The molecule has 1 saturated heterocycles. The van der Waals surface area contributed by atoms with E-state index in [1.807, 2.05) is 30.3 Å². The Balaban J connectivity index is 2.10. The van der Waals surface area contributed by atoms with Gasteiger partial charge >= 0.3 is 12.2 Å². The van der Waals surface area contributed by atoms with Crippen LogP contribution in [-0.4, -0.2) is 75.0 Å². The lowest BCUT2D eigenvalue weighted by molar-refractivity contribution is -0.152. The average molecular weight is 616 g/mol.